The van der Waals surface area contributed by atoms with Crippen LogP contribution in [0.1, 0.15) is 26.7 Å². The lowest BCUT2D eigenvalue weighted by molar-refractivity contribution is -0.147. The van der Waals surface area contributed by atoms with Crippen molar-refractivity contribution >= 4 is 38.7 Å². The molecule has 0 aliphatic carbocycles. The van der Waals surface area contributed by atoms with Gasteiger partial charge in [0, 0.05) is 24.0 Å². The van der Waals surface area contributed by atoms with Crippen molar-refractivity contribution in [3.05, 3.63) is 39.4 Å². The molecule has 0 aliphatic heterocycles. The Bertz CT molecular complexity index is 832. The number of halogens is 1. The quantitative estimate of drug-likeness (QED) is 0.706. The number of fused-ring (bicyclic) bond motifs is 1. The number of aromatic nitrogens is 2. The van der Waals surface area contributed by atoms with Gasteiger partial charge in [-0.2, -0.15) is 0 Å². The van der Waals surface area contributed by atoms with Gasteiger partial charge < -0.3 is 10.1 Å². The first-order valence-electron chi connectivity index (χ1n) is 7.97. The Hall–Kier alpha value is -2.22. The van der Waals surface area contributed by atoms with Crippen LogP contribution in [-0.4, -0.2) is 34.1 Å². The molecule has 0 fully saturated rings. The highest BCUT2D eigenvalue weighted by atomic mass is 79.9. The zero-order valence-corrected chi connectivity index (χ0v) is 15.7. The van der Waals surface area contributed by atoms with Crippen LogP contribution in [0.2, 0.25) is 0 Å². The standard InChI is InChI=1S/C17H20BrN3O4/c1-11(2)25-16(23)5-7-19-15(22)6-8-21-10-20-14-4-3-12(18)9-13(14)17(21)24/h3-4,9-11H,5-8H2,1-2H3,(H,19,22). The molecule has 1 aromatic carbocycles. The number of nitrogens with zero attached hydrogens (tertiary/aromatic N) is 2. The molecule has 0 bridgehead atoms. The fraction of sp³-hybridized carbons (Fsp3) is 0.412. The highest BCUT2D eigenvalue weighted by molar-refractivity contribution is 9.10. The molecule has 134 valence electrons. The lowest BCUT2D eigenvalue weighted by atomic mass is 10.2. The monoisotopic (exact) mass is 409 g/mol. The zero-order valence-electron chi connectivity index (χ0n) is 14.1. The number of benzene rings is 1. The number of aryl methyl sites for hydroxylation is 1. The molecule has 2 rings (SSSR count). The highest BCUT2D eigenvalue weighted by Crippen LogP contribution is 2.14. The van der Waals surface area contributed by atoms with E-state index in [0.29, 0.717) is 10.9 Å². The molecular weight excluding hydrogens is 390 g/mol. The van der Waals surface area contributed by atoms with Gasteiger partial charge in [-0.05, 0) is 32.0 Å². The first-order chi connectivity index (χ1) is 11.9. The Morgan fingerprint density at radius 1 is 1.32 bits per heavy atom. The molecule has 2 aromatic rings. The van der Waals surface area contributed by atoms with Crippen molar-refractivity contribution in [1.29, 1.82) is 0 Å². The smallest absolute Gasteiger partial charge is 0.307 e. The summed E-state index contributed by atoms with van der Waals surface area (Å²) in [5.41, 5.74) is 0.414. The predicted molar refractivity (Wildman–Crippen MR) is 97.2 cm³/mol. The number of carbonyl (C=O) groups excluding carboxylic acids is 2. The van der Waals surface area contributed by atoms with Crippen LogP contribution in [-0.2, 0) is 20.9 Å². The molecule has 0 atom stereocenters. The second kappa shape index (κ2) is 8.75. The van der Waals surface area contributed by atoms with Gasteiger partial charge in [-0.25, -0.2) is 4.98 Å². The summed E-state index contributed by atoms with van der Waals surface area (Å²) in [5.74, 6) is -0.589. The number of hydrogen-bond acceptors (Lipinski definition) is 5. The average Bonchev–Trinajstić information content (AvgIpc) is 2.54. The van der Waals surface area contributed by atoms with Crippen molar-refractivity contribution in [2.45, 2.75) is 39.3 Å². The number of rotatable bonds is 7. The maximum Gasteiger partial charge on any atom is 0.307 e. The van der Waals surface area contributed by atoms with Gasteiger partial charge >= 0.3 is 5.97 Å². The molecule has 25 heavy (non-hydrogen) atoms. The molecule has 0 radical (unpaired) electrons. The summed E-state index contributed by atoms with van der Waals surface area (Å²) in [7, 11) is 0. The molecule has 8 heteroatoms. The largest absolute Gasteiger partial charge is 0.463 e. The van der Waals surface area contributed by atoms with Crippen molar-refractivity contribution < 1.29 is 14.3 Å². The van der Waals surface area contributed by atoms with Gasteiger partial charge in [0.2, 0.25) is 5.91 Å². The lowest BCUT2D eigenvalue weighted by Crippen LogP contribution is -2.29. The SMILES string of the molecule is CC(C)OC(=O)CCNC(=O)CCn1cnc2ccc(Br)cc2c1=O. The molecule has 1 N–H and O–H groups in total. The molecule has 0 unspecified atom stereocenters. The number of esters is 1. The van der Waals surface area contributed by atoms with Gasteiger partial charge in [-0.3, -0.25) is 19.0 Å². The lowest BCUT2D eigenvalue weighted by Gasteiger charge is -2.09. The van der Waals surface area contributed by atoms with E-state index >= 15 is 0 Å². The minimum atomic E-state index is -0.351. The fourth-order valence-electron chi connectivity index (χ4n) is 2.23. The van der Waals surface area contributed by atoms with Gasteiger partial charge in [-0.1, -0.05) is 15.9 Å². The summed E-state index contributed by atoms with van der Waals surface area (Å²) in [5, 5.41) is 3.13. The van der Waals surface area contributed by atoms with E-state index in [1.807, 2.05) is 6.07 Å². The van der Waals surface area contributed by atoms with Crippen LogP contribution in [0.25, 0.3) is 10.9 Å². The van der Waals surface area contributed by atoms with Crippen molar-refractivity contribution in [2.75, 3.05) is 6.54 Å². The number of ether oxygens (including phenoxy) is 1. The Labute approximate surface area is 153 Å². The second-order valence-electron chi connectivity index (χ2n) is 5.79. The van der Waals surface area contributed by atoms with Gasteiger partial charge in [0.1, 0.15) is 0 Å². The van der Waals surface area contributed by atoms with Gasteiger partial charge in [0.05, 0.1) is 29.8 Å². The van der Waals surface area contributed by atoms with Crippen LogP contribution in [0.5, 0.6) is 0 Å². The van der Waals surface area contributed by atoms with Crippen LogP contribution in [0.4, 0.5) is 0 Å². The van der Waals surface area contributed by atoms with Crippen LogP contribution in [0.3, 0.4) is 0 Å². The van der Waals surface area contributed by atoms with E-state index in [1.54, 1.807) is 26.0 Å². The third kappa shape index (κ3) is 5.67. The number of amides is 1. The minimum absolute atomic E-state index is 0.120. The third-order valence-electron chi connectivity index (χ3n) is 3.38. The van der Waals surface area contributed by atoms with Crippen molar-refractivity contribution in [3.63, 3.8) is 0 Å². The van der Waals surface area contributed by atoms with E-state index in [0.717, 1.165) is 4.47 Å². The van der Waals surface area contributed by atoms with E-state index < -0.39 is 0 Å². The Morgan fingerprint density at radius 2 is 2.08 bits per heavy atom. The second-order valence-corrected chi connectivity index (χ2v) is 6.71. The van der Waals surface area contributed by atoms with Crippen molar-refractivity contribution in [2.24, 2.45) is 0 Å². The highest BCUT2D eigenvalue weighted by Gasteiger charge is 2.09. The maximum atomic E-state index is 12.4. The Balaban J connectivity index is 1.88. The molecule has 0 aliphatic rings. The Kier molecular flexibility index (Phi) is 6.69. The van der Waals surface area contributed by atoms with E-state index in [4.69, 9.17) is 4.74 Å². The number of nitrogens with one attached hydrogen (secondary N) is 1. The summed E-state index contributed by atoms with van der Waals surface area (Å²) in [6.45, 7) is 3.97. The predicted octanol–water partition coefficient (Wildman–Crippen LogP) is 2.01. The molecule has 1 amide bonds. The van der Waals surface area contributed by atoms with Gasteiger partial charge in [-0.15, -0.1) is 0 Å². The summed E-state index contributed by atoms with van der Waals surface area (Å²) in [6, 6.07) is 5.28. The van der Waals surface area contributed by atoms with E-state index in [2.05, 4.69) is 26.2 Å². The molecule has 1 heterocycles. The maximum absolute atomic E-state index is 12.4. The van der Waals surface area contributed by atoms with Crippen molar-refractivity contribution in [1.82, 2.24) is 14.9 Å². The van der Waals surface area contributed by atoms with Crippen LogP contribution in [0, 0.1) is 0 Å². The molecule has 0 saturated carbocycles. The van der Waals surface area contributed by atoms with E-state index in [1.165, 1.54) is 10.9 Å². The first kappa shape index (κ1) is 19.1. The minimum Gasteiger partial charge on any atom is -0.463 e. The molecule has 7 nitrogen and oxygen atoms in total. The van der Waals surface area contributed by atoms with Crippen LogP contribution < -0.4 is 10.9 Å². The van der Waals surface area contributed by atoms with Crippen LogP contribution in [0.15, 0.2) is 33.8 Å². The fourth-order valence-corrected chi connectivity index (χ4v) is 2.59. The van der Waals surface area contributed by atoms with Crippen LogP contribution >= 0.6 is 15.9 Å². The number of carbonyl (C=O) groups is 2. The molecule has 0 saturated heterocycles. The number of hydrogen-bond donors (Lipinski definition) is 1. The van der Waals surface area contributed by atoms with E-state index in [9.17, 15) is 14.4 Å². The summed E-state index contributed by atoms with van der Waals surface area (Å²) in [4.78, 5) is 39.9. The summed E-state index contributed by atoms with van der Waals surface area (Å²) in [6.07, 6.45) is 1.51. The first-order valence-corrected chi connectivity index (χ1v) is 8.77. The summed E-state index contributed by atoms with van der Waals surface area (Å²) < 4.78 is 7.18. The van der Waals surface area contributed by atoms with Gasteiger partial charge in [0.25, 0.3) is 5.56 Å². The van der Waals surface area contributed by atoms with Gasteiger partial charge in [0.15, 0.2) is 0 Å². The molecule has 0 spiro atoms. The molecular formula is C17H20BrN3O4. The summed E-state index contributed by atoms with van der Waals surface area (Å²) >= 11 is 3.33. The molecule has 1 aromatic heterocycles. The van der Waals surface area contributed by atoms with Crippen molar-refractivity contribution in [3.8, 4) is 0 Å². The topological polar surface area (TPSA) is 90.3 Å². The normalized spacial score (nSPS) is 10.9. The third-order valence-corrected chi connectivity index (χ3v) is 3.88. The van der Waals surface area contributed by atoms with E-state index in [-0.39, 0.29) is 49.5 Å². The average molecular weight is 410 g/mol. The zero-order chi connectivity index (χ0) is 18.4. The Morgan fingerprint density at radius 3 is 2.80 bits per heavy atom.